The van der Waals surface area contributed by atoms with Crippen LogP contribution in [0.3, 0.4) is 0 Å². The van der Waals surface area contributed by atoms with Crippen LogP contribution in [0.5, 0.6) is 0 Å². The van der Waals surface area contributed by atoms with Crippen LogP contribution in [0.2, 0.25) is 0 Å². The summed E-state index contributed by atoms with van der Waals surface area (Å²) >= 11 is 0. The summed E-state index contributed by atoms with van der Waals surface area (Å²) in [5.41, 5.74) is 0.325. The molecule has 28 heavy (non-hydrogen) atoms. The van der Waals surface area contributed by atoms with Crippen molar-refractivity contribution in [3.63, 3.8) is 0 Å². The highest BCUT2D eigenvalue weighted by atomic mass is 16.6. The Hall–Kier alpha value is -3.02. The number of nitrogens with zero attached hydrogens (tertiary/aromatic N) is 3. The lowest BCUT2D eigenvalue weighted by Gasteiger charge is -2.40. The molecule has 1 aliphatic heterocycles. The summed E-state index contributed by atoms with van der Waals surface area (Å²) in [6.07, 6.45) is -2.85. The highest BCUT2D eigenvalue weighted by molar-refractivity contribution is 5.68. The smallest absolute Gasteiger partial charge is 0.303 e. The van der Waals surface area contributed by atoms with Gasteiger partial charge in [0.25, 0.3) is 0 Å². The SMILES string of the molecule is CC(=O)OCc1cn([C@@H]2OC[C@@H](OC(C)=O)[C@H](OC(C)=O)[C@H]2OC(C)=O)nn1. The van der Waals surface area contributed by atoms with E-state index in [1.807, 2.05) is 0 Å². The summed E-state index contributed by atoms with van der Waals surface area (Å²) in [7, 11) is 0. The first-order valence-corrected chi connectivity index (χ1v) is 8.34. The summed E-state index contributed by atoms with van der Waals surface area (Å²) in [4.78, 5) is 45.4. The summed E-state index contributed by atoms with van der Waals surface area (Å²) in [5, 5.41) is 7.74. The highest BCUT2D eigenvalue weighted by Crippen LogP contribution is 2.30. The molecule has 0 saturated carbocycles. The number of aromatic nitrogens is 3. The van der Waals surface area contributed by atoms with Gasteiger partial charge in [-0.3, -0.25) is 19.2 Å². The molecule has 154 valence electrons. The monoisotopic (exact) mass is 399 g/mol. The summed E-state index contributed by atoms with van der Waals surface area (Å²) < 4.78 is 27.4. The molecule has 0 N–H and O–H groups in total. The first kappa shape index (κ1) is 21.3. The molecule has 4 atom stereocenters. The van der Waals surface area contributed by atoms with Gasteiger partial charge in [0.1, 0.15) is 12.3 Å². The predicted octanol–water partition coefficient (Wildman–Crippen LogP) is -0.335. The molecule has 2 heterocycles. The topological polar surface area (TPSA) is 145 Å². The van der Waals surface area contributed by atoms with Gasteiger partial charge in [-0.1, -0.05) is 5.21 Å². The van der Waals surface area contributed by atoms with Crippen LogP contribution in [-0.2, 0) is 49.5 Å². The normalized spacial score (nSPS) is 24.1. The summed E-state index contributed by atoms with van der Waals surface area (Å²) in [6.45, 7) is 4.54. The van der Waals surface area contributed by atoms with Gasteiger partial charge in [0.2, 0.25) is 0 Å². The number of hydrogen-bond donors (Lipinski definition) is 0. The van der Waals surface area contributed by atoms with Crippen molar-refractivity contribution in [2.75, 3.05) is 6.61 Å². The van der Waals surface area contributed by atoms with E-state index in [2.05, 4.69) is 10.3 Å². The number of esters is 4. The second-order valence-corrected chi connectivity index (χ2v) is 5.99. The standard InChI is InChI=1S/C16H21N3O9/c1-8(20)24-6-12-5-19(18-17-12)16-15(28-11(4)23)14(27-10(3)22)13(7-25-16)26-9(2)21/h5,13-16H,6-7H2,1-4H3/t13-,14+,15-,16-/m1/s1. The van der Waals surface area contributed by atoms with Crippen LogP contribution in [0.15, 0.2) is 6.20 Å². The van der Waals surface area contributed by atoms with E-state index in [1.165, 1.54) is 38.6 Å². The van der Waals surface area contributed by atoms with E-state index in [0.717, 1.165) is 0 Å². The molecule has 0 aromatic carbocycles. The zero-order valence-electron chi connectivity index (χ0n) is 15.8. The van der Waals surface area contributed by atoms with Gasteiger partial charge in [0, 0.05) is 27.7 Å². The van der Waals surface area contributed by atoms with Crippen molar-refractivity contribution < 1.29 is 42.9 Å². The minimum absolute atomic E-state index is 0.107. The van der Waals surface area contributed by atoms with Crippen molar-refractivity contribution in [3.8, 4) is 0 Å². The van der Waals surface area contributed by atoms with Gasteiger partial charge < -0.3 is 23.7 Å². The van der Waals surface area contributed by atoms with Crippen molar-refractivity contribution in [1.82, 2.24) is 15.0 Å². The van der Waals surface area contributed by atoms with E-state index < -0.39 is 48.4 Å². The first-order chi connectivity index (χ1) is 13.2. The number of rotatable bonds is 6. The molecule has 1 fully saturated rings. The van der Waals surface area contributed by atoms with Crippen molar-refractivity contribution >= 4 is 23.9 Å². The molecule has 0 spiro atoms. The fourth-order valence-corrected chi connectivity index (χ4v) is 2.63. The van der Waals surface area contributed by atoms with Gasteiger partial charge >= 0.3 is 23.9 Å². The van der Waals surface area contributed by atoms with Crippen LogP contribution >= 0.6 is 0 Å². The molecule has 0 bridgehead atoms. The van der Waals surface area contributed by atoms with Gasteiger partial charge in [0.15, 0.2) is 24.5 Å². The molecule has 1 aromatic rings. The van der Waals surface area contributed by atoms with Crippen molar-refractivity contribution in [3.05, 3.63) is 11.9 Å². The second-order valence-electron chi connectivity index (χ2n) is 5.99. The minimum Gasteiger partial charge on any atom is -0.459 e. The zero-order chi connectivity index (χ0) is 20.8. The molecular formula is C16H21N3O9. The molecule has 1 saturated heterocycles. The number of carbonyl (C=O) groups is 4. The molecule has 0 amide bonds. The molecule has 2 rings (SSSR count). The Morgan fingerprint density at radius 3 is 2.18 bits per heavy atom. The van der Waals surface area contributed by atoms with Crippen LogP contribution in [0.4, 0.5) is 0 Å². The maximum atomic E-state index is 11.6. The van der Waals surface area contributed by atoms with Crippen molar-refractivity contribution in [1.29, 1.82) is 0 Å². The maximum absolute atomic E-state index is 11.6. The van der Waals surface area contributed by atoms with Crippen molar-refractivity contribution in [2.45, 2.75) is 58.8 Å². The Bertz CT molecular complexity index is 747. The maximum Gasteiger partial charge on any atom is 0.303 e. The van der Waals surface area contributed by atoms with Crippen LogP contribution in [0, 0.1) is 0 Å². The minimum atomic E-state index is -1.16. The van der Waals surface area contributed by atoms with Crippen LogP contribution < -0.4 is 0 Å². The van der Waals surface area contributed by atoms with E-state index in [9.17, 15) is 19.2 Å². The lowest BCUT2D eigenvalue weighted by atomic mass is 10.0. The Morgan fingerprint density at radius 2 is 1.61 bits per heavy atom. The fraction of sp³-hybridized carbons (Fsp3) is 0.625. The fourth-order valence-electron chi connectivity index (χ4n) is 2.63. The molecule has 0 unspecified atom stereocenters. The molecule has 12 nitrogen and oxygen atoms in total. The van der Waals surface area contributed by atoms with Gasteiger partial charge in [-0.25, -0.2) is 4.68 Å². The quantitative estimate of drug-likeness (QED) is 0.457. The average molecular weight is 399 g/mol. The molecule has 12 heteroatoms. The van der Waals surface area contributed by atoms with E-state index in [-0.39, 0.29) is 13.2 Å². The van der Waals surface area contributed by atoms with Crippen LogP contribution in [0.25, 0.3) is 0 Å². The Balaban J connectivity index is 2.29. The number of carbonyl (C=O) groups excluding carboxylic acids is 4. The Morgan fingerprint density at radius 1 is 1.00 bits per heavy atom. The lowest BCUT2D eigenvalue weighted by Crippen LogP contribution is -2.55. The summed E-state index contributed by atoms with van der Waals surface area (Å²) in [5.74, 6) is -2.43. The lowest BCUT2D eigenvalue weighted by molar-refractivity contribution is -0.241. The number of hydrogen-bond acceptors (Lipinski definition) is 11. The van der Waals surface area contributed by atoms with Gasteiger partial charge in [-0.15, -0.1) is 5.10 Å². The third kappa shape index (κ3) is 5.74. The van der Waals surface area contributed by atoms with E-state index in [1.54, 1.807) is 0 Å². The predicted molar refractivity (Wildman–Crippen MR) is 87.1 cm³/mol. The Labute approximate surface area is 160 Å². The molecule has 1 aromatic heterocycles. The van der Waals surface area contributed by atoms with Gasteiger partial charge in [-0.05, 0) is 0 Å². The molecular weight excluding hydrogens is 378 g/mol. The number of ether oxygens (including phenoxy) is 5. The molecule has 0 radical (unpaired) electrons. The largest absolute Gasteiger partial charge is 0.459 e. The zero-order valence-corrected chi connectivity index (χ0v) is 15.8. The van der Waals surface area contributed by atoms with Gasteiger partial charge in [-0.2, -0.15) is 0 Å². The van der Waals surface area contributed by atoms with E-state index in [0.29, 0.717) is 5.69 Å². The third-order valence-electron chi connectivity index (χ3n) is 3.57. The van der Waals surface area contributed by atoms with Crippen LogP contribution in [0.1, 0.15) is 39.6 Å². The molecule has 0 aliphatic carbocycles. The average Bonchev–Trinajstić information content (AvgIpc) is 3.03. The molecule has 1 aliphatic rings. The van der Waals surface area contributed by atoms with Crippen LogP contribution in [-0.4, -0.2) is 63.8 Å². The highest BCUT2D eigenvalue weighted by Gasteiger charge is 2.48. The third-order valence-corrected chi connectivity index (χ3v) is 3.57. The van der Waals surface area contributed by atoms with E-state index in [4.69, 9.17) is 23.7 Å². The Kier molecular flexibility index (Phi) is 7.04. The van der Waals surface area contributed by atoms with Crippen molar-refractivity contribution in [2.24, 2.45) is 0 Å². The van der Waals surface area contributed by atoms with E-state index >= 15 is 0 Å². The van der Waals surface area contributed by atoms with Gasteiger partial charge in [0.05, 0.1) is 12.8 Å². The summed E-state index contributed by atoms with van der Waals surface area (Å²) in [6, 6.07) is 0. The first-order valence-electron chi connectivity index (χ1n) is 8.34. The second kappa shape index (κ2) is 9.26.